The number of hydrogen-bond acceptors (Lipinski definition) is 6. The van der Waals surface area contributed by atoms with Gasteiger partial charge in [-0.15, -0.1) is 0 Å². The van der Waals surface area contributed by atoms with Crippen molar-refractivity contribution in [3.8, 4) is 5.75 Å². The van der Waals surface area contributed by atoms with E-state index >= 15 is 0 Å². The highest BCUT2D eigenvalue weighted by atomic mass is 79.9. The van der Waals surface area contributed by atoms with Gasteiger partial charge in [-0.1, -0.05) is 15.9 Å². The minimum absolute atomic E-state index is 0.168. The molecular weight excluding hydrogens is 500 g/mol. The van der Waals surface area contributed by atoms with Gasteiger partial charge < -0.3 is 20.2 Å². The summed E-state index contributed by atoms with van der Waals surface area (Å²) in [6.45, 7) is 1.64. The van der Waals surface area contributed by atoms with Crippen molar-refractivity contribution in [3.05, 3.63) is 61.4 Å². The monoisotopic (exact) mass is 512 g/mol. The maximum atomic E-state index is 12.2. The molecule has 1 amide bonds. The lowest BCUT2D eigenvalue weighted by molar-refractivity contribution is -0.390. The zero-order valence-corrected chi connectivity index (χ0v) is 17.7. The fourth-order valence-electron chi connectivity index (χ4n) is 2.29. The van der Waals surface area contributed by atoms with E-state index in [4.69, 9.17) is 4.74 Å². The van der Waals surface area contributed by atoms with Gasteiger partial charge in [0, 0.05) is 4.47 Å². The maximum Gasteiger partial charge on any atom is 0.404 e. The van der Waals surface area contributed by atoms with Gasteiger partial charge >= 0.3 is 5.82 Å². The van der Waals surface area contributed by atoms with Crippen LogP contribution in [0.1, 0.15) is 5.69 Å². The third kappa shape index (κ3) is 4.75. The minimum Gasteiger partial charge on any atom is -0.471 e. The normalized spacial score (nSPS) is 10.7. The predicted molar refractivity (Wildman–Crippen MR) is 107 cm³/mol. The summed E-state index contributed by atoms with van der Waals surface area (Å²) in [5.41, 5.74) is 0.961. The van der Waals surface area contributed by atoms with Crippen molar-refractivity contribution in [2.24, 2.45) is 0 Å². The van der Waals surface area contributed by atoms with Gasteiger partial charge in [0.25, 0.3) is 0 Å². The van der Waals surface area contributed by atoms with Crippen LogP contribution in [0.5, 0.6) is 5.75 Å². The zero-order chi connectivity index (χ0) is 20.3. The second-order valence-electron chi connectivity index (χ2n) is 5.68. The molecule has 0 saturated carbocycles. The molecule has 28 heavy (non-hydrogen) atoms. The topological polar surface area (TPSA) is 117 Å². The second kappa shape index (κ2) is 8.52. The summed E-state index contributed by atoms with van der Waals surface area (Å²) in [5, 5.41) is 21.5. The number of nitrogens with one attached hydrogen (secondary N) is 1. The van der Waals surface area contributed by atoms with Gasteiger partial charge in [0.15, 0.2) is 6.73 Å². The summed E-state index contributed by atoms with van der Waals surface area (Å²) >= 11 is 6.47. The first-order chi connectivity index (χ1) is 13.3. The highest BCUT2D eigenvalue weighted by molar-refractivity contribution is 9.10. The Balaban J connectivity index is 1.57. The molecule has 12 heteroatoms. The van der Waals surface area contributed by atoms with Gasteiger partial charge in [-0.3, -0.25) is 4.79 Å². The number of aromatic nitrogens is 4. The first-order valence-corrected chi connectivity index (χ1v) is 9.50. The first-order valence-electron chi connectivity index (χ1n) is 7.91. The van der Waals surface area contributed by atoms with Gasteiger partial charge in [-0.2, -0.15) is 9.78 Å². The molecule has 10 nitrogen and oxygen atoms in total. The van der Waals surface area contributed by atoms with E-state index in [1.54, 1.807) is 13.1 Å². The lowest BCUT2D eigenvalue weighted by Crippen LogP contribution is -2.20. The van der Waals surface area contributed by atoms with Crippen molar-refractivity contribution < 1.29 is 14.5 Å². The van der Waals surface area contributed by atoms with E-state index in [1.165, 1.54) is 15.6 Å². The van der Waals surface area contributed by atoms with Gasteiger partial charge in [0.2, 0.25) is 5.91 Å². The number of nitrogens with zero attached hydrogens (tertiary/aromatic N) is 5. The van der Waals surface area contributed by atoms with Crippen LogP contribution in [0.3, 0.4) is 0 Å². The van der Waals surface area contributed by atoms with E-state index in [9.17, 15) is 14.9 Å². The molecule has 0 aliphatic heterocycles. The van der Waals surface area contributed by atoms with Crippen molar-refractivity contribution in [1.82, 2.24) is 19.6 Å². The molecule has 0 aliphatic carbocycles. The quantitative estimate of drug-likeness (QED) is 0.381. The molecule has 0 radical (unpaired) electrons. The largest absolute Gasteiger partial charge is 0.471 e. The average molecular weight is 514 g/mol. The summed E-state index contributed by atoms with van der Waals surface area (Å²) in [5.74, 6) is -0.0322. The van der Waals surface area contributed by atoms with E-state index in [-0.39, 0.29) is 29.5 Å². The molecule has 0 fully saturated rings. The molecular formula is C16H14Br2N6O4. The fourth-order valence-corrected chi connectivity index (χ4v) is 2.98. The molecule has 0 atom stereocenters. The van der Waals surface area contributed by atoms with Crippen LogP contribution in [0, 0.1) is 17.0 Å². The highest BCUT2D eigenvalue weighted by Gasteiger charge is 2.24. The van der Waals surface area contributed by atoms with Gasteiger partial charge in [0.05, 0.1) is 28.9 Å². The number of amides is 1. The Hall–Kier alpha value is -2.73. The van der Waals surface area contributed by atoms with E-state index in [0.29, 0.717) is 17.1 Å². The number of carbonyl (C=O) groups is 1. The number of nitro groups is 1. The zero-order valence-electron chi connectivity index (χ0n) is 14.5. The van der Waals surface area contributed by atoms with E-state index < -0.39 is 4.92 Å². The molecule has 146 valence electrons. The Kier molecular flexibility index (Phi) is 6.09. The van der Waals surface area contributed by atoms with Crippen LogP contribution in [-0.4, -0.2) is 30.4 Å². The predicted octanol–water partition coefficient (Wildman–Crippen LogP) is 3.50. The van der Waals surface area contributed by atoms with Crippen LogP contribution >= 0.6 is 31.9 Å². The SMILES string of the molecule is Cc1c(Br)c([N+](=O)[O-])nn1CC(=O)Nc1cnn(COc2ccc(Br)cc2)c1. The number of rotatable bonds is 7. The van der Waals surface area contributed by atoms with Gasteiger partial charge in [-0.25, -0.2) is 4.68 Å². The molecule has 2 heterocycles. The number of benzene rings is 1. The number of carbonyl (C=O) groups excluding carboxylic acids is 1. The summed E-state index contributed by atoms with van der Waals surface area (Å²) < 4.78 is 9.59. The van der Waals surface area contributed by atoms with E-state index in [0.717, 1.165) is 4.47 Å². The third-order valence-corrected chi connectivity index (χ3v) is 5.13. The van der Waals surface area contributed by atoms with Crippen LogP contribution in [0.15, 0.2) is 45.6 Å². The molecule has 0 unspecified atom stereocenters. The summed E-state index contributed by atoms with van der Waals surface area (Å²) in [6.07, 6.45) is 3.10. The van der Waals surface area contributed by atoms with Crippen LogP contribution in [0.25, 0.3) is 0 Å². The van der Waals surface area contributed by atoms with Crippen LogP contribution in [0.4, 0.5) is 11.5 Å². The number of ether oxygens (including phenoxy) is 1. The third-order valence-electron chi connectivity index (χ3n) is 3.68. The summed E-state index contributed by atoms with van der Waals surface area (Å²) in [4.78, 5) is 22.5. The van der Waals surface area contributed by atoms with Crippen LogP contribution in [-0.2, 0) is 18.1 Å². The van der Waals surface area contributed by atoms with Crippen molar-refractivity contribution in [2.75, 3.05) is 5.32 Å². The highest BCUT2D eigenvalue weighted by Crippen LogP contribution is 2.26. The summed E-state index contributed by atoms with van der Waals surface area (Å²) in [7, 11) is 0. The van der Waals surface area contributed by atoms with Crippen molar-refractivity contribution in [3.63, 3.8) is 0 Å². The molecule has 0 spiro atoms. The lowest BCUT2D eigenvalue weighted by atomic mass is 10.3. The molecule has 3 rings (SSSR count). The van der Waals surface area contributed by atoms with Gasteiger partial charge in [-0.05, 0) is 52.0 Å². The number of hydrogen-bond donors (Lipinski definition) is 1. The Labute approximate surface area is 175 Å². The molecule has 3 aromatic rings. The maximum absolute atomic E-state index is 12.2. The molecule has 0 saturated heterocycles. The Bertz CT molecular complexity index is 1010. The minimum atomic E-state index is -0.610. The Morgan fingerprint density at radius 2 is 2.04 bits per heavy atom. The Morgan fingerprint density at radius 3 is 2.68 bits per heavy atom. The van der Waals surface area contributed by atoms with E-state index in [2.05, 4.69) is 47.4 Å². The molecule has 2 aromatic heterocycles. The Morgan fingerprint density at radius 1 is 1.32 bits per heavy atom. The second-order valence-corrected chi connectivity index (χ2v) is 7.39. The lowest BCUT2D eigenvalue weighted by Gasteiger charge is -2.06. The van der Waals surface area contributed by atoms with Gasteiger partial charge in [0.1, 0.15) is 16.8 Å². The molecule has 0 bridgehead atoms. The van der Waals surface area contributed by atoms with Crippen molar-refractivity contribution in [1.29, 1.82) is 0 Å². The molecule has 1 N–H and O–H groups in total. The molecule has 0 aliphatic rings. The summed E-state index contributed by atoms with van der Waals surface area (Å²) in [6, 6.07) is 7.37. The van der Waals surface area contributed by atoms with E-state index in [1.807, 2.05) is 24.3 Å². The number of anilines is 1. The smallest absolute Gasteiger partial charge is 0.404 e. The van der Waals surface area contributed by atoms with Crippen LogP contribution in [0.2, 0.25) is 0 Å². The average Bonchev–Trinajstić information content (AvgIpc) is 3.20. The standard InChI is InChI=1S/C16H14Br2N6O4/c1-10-15(18)16(24(26)27)21-23(10)8-14(25)20-12-6-19-22(7-12)9-28-13-4-2-11(17)3-5-13/h2-7H,8-9H2,1H3,(H,20,25). The van der Waals surface area contributed by atoms with Crippen LogP contribution < -0.4 is 10.1 Å². The molecule has 1 aromatic carbocycles. The first kappa shape index (κ1) is 20.0. The van der Waals surface area contributed by atoms with Crippen molar-refractivity contribution in [2.45, 2.75) is 20.2 Å². The fraction of sp³-hybridized carbons (Fsp3) is 0.188. The van der Waals surface area contributed by atoms with Crippen molar-refractivity contribution >= 4 is 49.3 Å². The number of halogens is 2.